The lowest BCUT2D eigenvalue weighted by Gasteiger charge is -2.28. The first-order chi connectivity index (χ1) is 18.8. The summed E-state index contributed by atoms with van der Waals surface area (Å²) in [6.07, 6.45) is 4.23. The minimum atomic E-state index is -3.40. The van der Waals surface area contributed by atoms with E-state index in [4.69, 9.17) is 4.74 Å². The molecule has 40 heavy (non-hydrogen) atoms. The van der Waals surface area contributed by atoms with E-state index in [1.165, 1.54) is 13.2 Å². The highest BCUT2D eigenvalue weighted by atomic mass is 32.2. The fourth-order valence-electron chi connectivity index (χ4n) is 3.86. The van der Waals surface area contributed by atoms with Crippen LogP contribution in [0, 0.1) is 0 Å². The molecule has 12 nitrogen and oxygen atoms in total. The van der Waals surface area contributed by atoms with Gasteiger partial charge >= 0.3 is 7.05 Å². The largest absolute Gasteiger partial charge is 0.437 e. The van der Waals surface area contributed by atoms with Crippen molar-refractivity contribution in [1.82, 2.24) is 20.1 Å². The number of carbonyl (C=O) groups is 2. The van der Waals surface area contributed by atoms with Gasteiger partial charge in [-0.05, 0) is 43.9 Å². The molecule has 0 saturated carbocycles. The Hall–Kier alpha value is -3.72. The van der Waals surface area contributed by atoms with E-state index >= 15 is 0 Å². The van der Waals surface area contributed by atoms with Gasteiger partial charge in [-0.15, -0.1) is 0 Å². The molecule has 0 spiro atoms. The van der Waals surface area contributed by atoms with Gasteiger partial charge < -0.3 is 30.2 Å². The van der Waals surface area contributed by atoms with E-state index in [9.17, 15) is 23.0 Å². The number of amides is 2. The van der Waals surface area contributed by atoms with E-state index in [1.54, 1.807) is 42.8 Å². The van der Waals surface area contributed by atoms with Crippen LogP contribution in [0.2, 0.25) is 6.82 Å². The van der Waals surface area contributed by atoms with Crippen molar-refractivity contribution in [3.8, 4) is 0 Å². The van der Waals surface area contributed by atoms with Gasteiger partial charge in [0.2, 0.25) is 15.9 Å². The molecular formula is C26H35BN6O6S. The molecule has 0 aliphatic heterocycles. The monoisotopic (exact) mass is 570 g/mol. The standard InChI is InChI=1S/C26H35BN6O6S/c1-26(2,32-27(3)36)25(35)29-22(17-39-16-19-9-6-5-7-10-19)24(34)30-23-15-33(18-28-23)14-20-11-8-12-21(13-20)31-40(4,37)38/h5-13,15,18,22,31-32,36H,14,16-17H2,1-4H3,(H,29,35)(H,30,34). The zero-order valence-corrected chi connectivity index (χ0v) is 23.7. The van der Waals surface area contributed by atoms with Crippen LogP contribution in [0.5, 0.6) is 0 Å². The SMILES string of the molecule is CB(O)NC(C)(C)C(=O)NC(COCc1ccccc1)C(=O)Nc1cn(Cc2cccc(NS(C)(=O)=O)c2)cn1. The molecule has 3 aromatic rings. The van der Waals surface area contributed by atoms with Gasteiger partial charge in [-0.1, -0.05) is 42.5 Å². The highest BCUT2D eigenvalue weighted by Gasteiger charge is 2.33. The summed E-state index contributed by atoms with van der Waals surface area (Å²) < 4.78 is 33.0. The Labute approximate surface area is 234 Å². The van der Waals surface area contributed by atoms with Gasteiger partial charge in [-0.3, -0.25) is 14.3 Å². The minimum Gasteiger partial charge on any atom is -0.437 e. The summed E-state index contributed by atoms with van der Waals surface area (Å²) in [5, 5.41) is 17.8. The van der Waals surface area contributed by atoms with Gasteiger partial charge in [0, 0.05) is 18.4 Å². The molecule has 1 heterocycles. The number of hydrogen-bond acceptors (Lipinski definition) is 8. The molecule has 0 radical (unpaired) electrons. The molecule has 0 fully saturated rings. The van der Waals surface area contributed by atoms with E-state index in [0.29, 0.717) is 12.2 Å². The number of anilines is 2. The van der Waals surface area contributed by atoms with Crippen molar-refractivity contribution in [3.05, 3.63) is 78.2 Å². The first-order valence-electron chi connectivity index (χ1n) is 12.6. The average Bonchev–Trinajstić information content (AvgIpc) is 3.28. The molecule has 0 aliphatic rings. The van der Waals surface area contributed by atoms with E-state index in [-0.39, 0.29) is 19.0 Å². The van der Waals surface area contributed by atoms with Gasteiger partial charge in [0.05, 0.1) is 31.3 Å². The molecular weight excluding hydrogens is 535 g/mol. The second-order valence-corrected chi connectivity index (χ2v) is 11.7. The summed E-state index contributed by atoms with van der Waals surface area (Å²) in [5.74, 6) is -0.761. The molecule has 2 amide bonds. The van der Waals surface area contributed by atoms with Gasteiger partial charge in [0.25, 0.3) is 5.91 Å². The fraction of sp³-hybridized carbons (Fsp3) is 0.346. The van der Waals surface area contributed by atoms with Crippen LogP contribution in [0.4, 0.5) is 11.5 Å². The molecule has 1 atom stereocenters. The average molecular weight is 570 g/mol. The summed E-state index contributed by atoms with van der Waals surface area (Å²) in [7, 11) is -4.34. The second-order valence-electron chi connectivity index (χ2n) is 9.97. The molecule has 1 aromatic heterocycles. The maximum atomic E-state index is 13.2. The van der Waals surface area contributed by atoms with Gasteiger partial charge in [0.1, 0.15) is 6.04 Å². The Morgan fingerprint density at radius 2 is 1.82 bits per heavy atom. The summed E-state index contributed by atoms with van der Waals surface area (Å²) in [4.78, 5) is 30.4. The number of hydrogen-bond donors (Lipinski definition) is 5. The summed E-state index contributed by atoms with van der Waals surface area (Å²) >= 11 is 0. The smallest absolute Gasteiger partial charge is 0.374 e. The molecule has 0 saturated heterocycles. The van der Waals surface area contributed by atoms with Crippen molar-refractivity contribution in [3.63, 3.8) is 0 Å². The molecule has 0 aliphatic carbocycles. The third kappa shape index (κ3) is 10.1. The van der Waals surface area contributed by atoms with Crippen LogP contribution in [-0.4, -0.2) is 66.3 Å². The summed E-state index contributed by atoms with van der Waals surface area (Å²) in [6.45, 7) is 5.21. The van der Waals surface area contributed by atoms with Crippen LogP contribution in [0.25, 0.3) is 0 Å². The number of imidazole rings is 1. The lowest BCUT2D eigenvalue weighted by atomic mass is 9.83. The number of nitrogens with one attached hydrogen (secondary N) is 4. The van der Waals surface area contributed by atoms with Crippen LogP contribution in [-0.2, 0) is 37.5 Å². The van der Waals surface area contributed by atoms with Crippen molar-refractivity contribution >= 4 is 40.4 Å². The first-order valence-corrected chi connectivity index (χ1v) is 14.5. The maximum Gasteiger partial charge on any atom is 0.374 e. The molecule has 3 rings (SSSR count). The number of nitrogens with zero attached hydrogens (tertiary/aromatic N) is 2. The molecule has 14 heteroatoms. The van der Waals surface area contributed by atoms with Gasteiger partial charge in [-0.25, -0.2) is 13.4 Å². The van der Waals surface area contributed by atoms with Crippen molar-refractivity contribution < 1.29 is 27.8 Å². The number of benzene rings is 2. The number of ether oxygens (including phenoxy) is 1. The van der Waals surface area contributed by atoms with Crippen LogP contribution in [0.15, 0.2) is 67.1 Å². The third-order valence-electron chi connectivity index (χ3n) is 5.64. The zero-order valence-electron chi connectivity index (χ0n) is 22.9. The van der Waals surface area contributed by atoms with E-state index in [2.05, 4.69) is 25.6 Å². The number of carbonyl (C=O) groups excluding carboxylic acids is 2. The quantitative estimate of drug-likeness (QED) is 0.182. The van der Waals surface area contributed by atoms with Crippen molar-refractivity contribution in [2.45, 2.75) is 45.4 Å². The Morgan fingerprint density at radius 3 is 2.50 bits per heavy atom. The summed E-state index contributed by atoms with van der Waals surface area (Å²) in [5.41, 5.74) is 1.01. The summed E-state index contributed by atoms with van der Waals surface area (Å²) in [6, 6.07) is 15.3. The van der Waals surface area contributed by atoms with Crippen LogP contribution >= 0.6 is 0 Å². The topological polar surface area (TPSA) is 164 Å². The van der Waals surface area contributed by atoms with Gasteiger partial charge in [0.15, 0.2) is 5.82 Å². The minimum absolute atomic E-state index is 0.0991. The highest BCUT2D eigenvalue weighted by Crippen LogP contribution is 2.14. The zero-order chi connectivity index (χ0) is 29.3. The number of sulfonamides is 1. The predicted octanol–water partition coefficient (Wildman–Crippen LogP) is 1.42. The van der Waals surface area contributed by atoms with Crippen LogP contribution < -0.4 is 20.6 Å². The van der Waals surface area contributed by atoms with Crippen molar-refractivity contribution in [2.24, 2.45) is 0 Å². The fourth-order valence-corrected chi connectivity index (χ4v) is 4.42. The Balaban J connectivity index is 1.67. The van der Waals surface area contributed by atoms with Crippen molar-refractivity contribution in [2.75, 3.05) is 22.9 Å². The Morgan fingerprint density at radius 1 is 1.12 bits per heavy atom. The van der Waals surface area contributed by atoms with E-state index in [1.807, 2.05) is 36.4 Å². The first kappa shape index (κ1) is 30.8. The molecule has 0 bridgehead atoms. The molecule has 1 unspecified atom stereocenters. The third-order valence-corrected chi connectivity index (χ3v) is 6.24. The Kier molecular flexibility index (Phi) is 10.5. The molecule has 2 aromatic carbocycles. The van der Waals surface area contributed by atoms with Gasteiger partial charge in [-0.2, -0.15) is 0 Å². The van der Waals surface area contributed by atoms with Crippen molar-refractivity contribution in [1.29, 1.82) is 0 Å². The molecule has 214 valence electrons. The predicted molar refractivity (Wildman–Crippen MR) is 154 cm³/mol. The lowest BCUT2D eigenvalue weighted by molar-refractivity contribution is -0.131. The normalized spacial score (nSPS) is 12.4. The molecule has 5 N–H and O–H groups in total. The number of aromatic nitrogens is 2. The van der Waals surface area contributed by atoms with Crippen LogP contribution in [0.3, 0.4) is 0 Å². The maximum absolute atomic E-state index is 13.2. The second kappa shape index (κ2) is 13.6. The van der Waals surface area contributed by atoms with E-state index < -0.39 is 40.5 Å². The van der Waals surface area contributed by atoms with Crippen LogP contribution in [0.1, 0.15) is 25.0 Å². The number of rotatable bonds is 14. The lowest BCUT2D eigenvalue weighted by Crippen LogP contribution is -2.60. The Bertz CT molecular complexity index is 1400. The van der Waals surface area contributed by atoms with E-state index in [0.717, 1.165) is 17.4 Å². The highest BCUT2D eigenvalue weighted by molar-refractivity contribution is 7.92.